The largest absolute Gasteiger partial charge is 0.496 e. The van der Waals surface area contributed by atoms with Gasteiger partial charge >= 0.3 is 11.9 Å². The molecule has 0 aromatic heterocycles. The molecule has 0 spiro atoms. The van der Waals surface area contributed by atoms with Gasteiger partial charge in [-0.15, -0.1) is 6.58 Å². The van der Waals surface area contributed by atoms with Gasteiger partial charge in [0.05, 0.1) is 33.9 Å². The summed E-state index contributed by atoms with van der Waals surface area (Å²) in [6.45, 7) is 5.17. The highest BCUT2D eigenvalue weighted by Crippen LogP contribution is 2.40. The van der Waals surface area contributed by atoms with Crippen molar-refractivity contribution < 1.29 is 42.9 Å². The molecule has 0 radical (unpaired) electrons. The molecule has 0 N–H and O–H groups in total. The Kier molecular flexibility index (Phi) is 8.94. The van der Waals surface area contributed by atoms with Gasteiger partial charge in [-0.1, -0.05) is 25.1 Å². The Morgan fingerprint density at radius 3 is 2.18 bits per heavy atom. The molecule has 2 rings (SSSR count). The van der Waals surface area contributed by atoms with Crippen LogP contribution in [0.5, 0.6) is 5.75 Å². The summed E-state index contributed by atoms with van der Waals surface area (Å²) in [6.07, 6.45) is -0.203. The van der Waals surface area contributed by atoms with Crippen LogP contribution in [0, 0.1) is 11.3 Å². The van der Waals surface area contributed by atoms with Crippen molar-refractivity contribution in [2.24, 2.45) is 11.3 Å². The van der Waals surface area contributed by atoms with Crippen LogP contribution in [-0.2, 0) is 33.3 Å². The molecule has 0 fully saturated rings. The first kappa shape index (κ1) is 27.0. The molecule has 0 aliphatic carbocycles. The van der Waals surface area contributed by atoms with Gasteiger partial charge < -0.3 is 28.6 Å². The maximum atomic E-state index is 13.6. The number of carbonyl (C=O) groups is 4. The summed E-state index contributed by atoms with van der Waals surface area (Å²) in [6, 6.07) is 4.40. The molecule has 1 heterocycles. The highest BCUT2D eigenvalue weighted by atomic mass is 16.7. The number of benzene rings is 1. The van der Waals surface area contributed by atoms with Crippen molar-refractivity contribution in [1.82, 2.24) is 4.90 Å². The van der Waals surface area contributed by atoms with Crippen LogP contribution in [0.25, 0.3) is 0 Å². The van der Waals surface area contributed by atoms with Gasteiger partial charge in [-0.25, -0.2) is 0 Å². The summed E-state index contributed by atoms with van der Waals surface area (Å²) >= 11 is 0. The molecule has 10 nitrogen and oxygen atoms in total. The lowest BCUT2D eigenvalue weighted by molar-refractivity contribution is -0.216. The lowest BCUT2D eigenvalue weighted by Crippen LogP contribution is -2.54. The van der Waals surface area contributed by atoms with E-state index < -0.39 is 41.5 Å². The van der Waals surface area contributed by atoms with E-state index in [9.17, 15) is 19.2 Å². The lowest BCUT2D eigenvalue weighted by Gasteiger charge is -2.39. The van der Waals surface area contributed by atoms with Crippen molar-refractivity contribution in [3.05, 3.63) is 42.0 Å². The van der Waals surface area contributed by atoms with Crippen LogP contribution in [0.15, 0.2) is 30.9 Å². The van der Waals surface area contributed by atoms with E-state index in [4.69, 9.17) is 23.7 Å². The third kappa shape index (κ3) is 4.55. The van der Waals surface area contributed by atoms with Crippen LogP contribution in [0.4, 0.5) is 0 Å². The molecule has 10 heteroatoms. The van der Waals surface area contributed by atoms with Gasteiger partial charge in [-0.3, -0.25) is 19.2 Å². The molecule has 1 amide bonds. The summed E-state index contributed by atoms with van der Waals surface area (Å²) < 4.78 is 25.6. The second-order valence-electron chi connectivity index (χ2n) is 7.85. The van der Waals surface area contributed by atoms with Gasteiger partial charge in [0.25, 0.3) is 0 Å². The third-order valence-electron chi connectivity index (χ3n) is 6.02. The molecule has 34 heavy (non-hydrogen) atoms. The summed E-state index contributed by atoms with van der Waals surface area (Å²) in [5, 5.41) is 0. The number of rotatable bonds is 10. The number of methoxy groups -OCH3 is 5. The number of nitrogens with zero attached hydrogens (tertiary/aromatic N) is 1. The van der Waals surface area contributed by atoms with Gasteiger partial charge in [0, 0.05) is 31.3 Å². The number of hydrogen-bond donors (Lipinski definition) is 0. The number of Topliss-reactive ketones (excluding diaryl/α,β-unsaturated/α-hetero) is 1. The maximum absolute atomic E-state index is 13.6. The van der Waals surface area contributed by atoms with Crippen LogP contribution in [0.2, 0.25) is 0 Å². The van der Waals surface area contributed by atoms with Gasteiger partial charge in [0.15, 0.2) is 12.1 Å². The summed E-state index contributed by atoms with van der Waals surface area (Å²) in [4.78, 5) is 53.5. The fourth-order valence-electron chi connectivity index (χ4n) is 4.48. The number of fused-ring (bicyclic) bond motifs is 1. The van der Waals surface area contributed by atoms with E-state index in [-0.39, 0.29) is 18.7 Å². The maximum Gasteiger partial charge on any atom is 0.328 e. The van der Waals surface area contributed by atoms with Crippen LogP contribution in [0.1, 0.15) is 35.3 Å². The molecule has 0 saturated carbocycles. The summed E-state index contributed by atoms with van der Waals surface area (Å²) in [7, 11) is 6.19. The Morgan fingerprint density at radius 2 is 1.71 bits per heavy atom. The van der Waals surface area contributed by atoms with Crippen LogP contribution < -0.4 is 4.74 Å². The highest BCUT2D eigenvalue weighted by molar-refractivity contribution is 6.04. The lowest BCUT2D eigenvalue weighted by atomic mass is 9.77. The van der Waals surface area contributed by atoms with E-state index in [0.29, 0.717) is 16.9 Å². The Balaban J connectivity index is 2.51. The number of hydrogen-bond acceptors (Lipinski definition) is 9. The predicted molar refractivity (Wildman–Crippen MR) is 120 cm³/mol. The minimum atomic E-state index is -2.08. The third-order valence-corrected chi connectivity index (χ3v) is 6.02. The van der Waals surface area contributed by atoms with Crippen molar-refractivity contribution in [1.29, 1.82) is 0 Å². The normalized spacial score (nSPS) is 16.5. The van der Waals surface area contributed by atoms with Gasteiger partial charge in [0.1, 0.15) is 5.75 Å². The van der Waals surface area contributed by atoms with E-state index in [2.05, 4.69) is 6.58 Å². The Labute approximate surface area is 198 Å². The highest BCUT2D eigenvalue weighted by Gasteiger charge is 2.57. The van der Waals surface area contributed by atoms with Crippen molar-refractivity contribution in [2.75, 3.05) is 42.1 Å². The SMILES string of the molecule is C=CC1c2c(OC)cccc2C(=O)CN1C(=O)C(C)CC(C(=O)OC)(C(=O)OC)C(OC)OC. The van der Waals surface area contributed by atoms with E-state index in [1.165, 1.54) is 33.2 Å². The zero-order valence-electron chi connectivity index (χ0n) is 20.3. The molecule has 2 unspecified atom stereocenters. The van der Waals surface area contributed by atoms with Crippen LogP contribution in [-0.4, -0.2) is 76.9 Å². The minimum absolute atomic E-state index is 0.207. The van der Waals surface area contributed by atoms with Crippen molar-refractivity contribution in [3.8, 4) is 5.75 Å². The molecule has 1 aliphatic rings. The monoisotopic (exact) mass is 477 g/mol. The van der Waals surface area contributed by atoms with Gasteiger partial charge in [-0.2, -0.15) is 0 Å². The summed E-state index contributed by atoms with van der Waals surface area (Å²) in [5.74, 6) is -3.22. The number of amides is 1. The van der Waals surface area contributed by atoms with E-state index in [1.54, 1.807) is 24.3 Å². The molecule has 1 aromatic rings. The molecule has 1 aromatic carbocycles. The number of carbonyl (C=O) groups excluding carboxylic acids is 4. The van der Waals surface area contributed by atoms with Gasteiger partial charge in [-0.05, 0) is 12.5 Å². The minimum Gasteiger partial charge on any atom is -0.496 e. The first-order valence-corrected chi connectivity index (χ1v) is 10.5. The first-order chi connectivity index (χ1) is 16.2. The molecule has 186 valence electrons. The molecular formula is C24H31NO9. The standard InChI is InChI=1S/C24H31NO9/c1-8-16-19-15(10-9-11-18(19)30-3)17(26)13-25(16)20(27)14(2)12-24(21(28)31-4,22(29)32-5)23(33-6)34-7/h8-11,14,16,23H,1,12-13H2,2-7H3. The Bertz CT molecular complexity index is 938. The first-order valence-electron chi connectivity index (χ1n) is 10.5. The quantitative estimate of drug-likeness (QED) is 0.216. The van der Waals surface area contributed by atoms with Crippen molar-refractivity contribution in [2.45, 2.75) is 25.7 Å². The second kappa shape index (κ2) is 11.3. The smallest absolute Gasteiger partial charge is 0.328 e. The Hall–Kier alpha value is -3.24. The number of ether oxygens (including phenoxy) is 5. The van der Waals surface area contributed by atoms with Crippen molar-refractivity contribution in [3.63, 3.8) is 0 Å². The molecular weight excluding hydrogens is 446 g/mol. The van der Waals surface area contributed by atoms with Crippen LogP contribution in [0.3, 0.4) is 0 Å². The predicted octanol–water partition coefficient (Wildman–Crippen LogP) is 1.92. The summed E-state index contributed by atoms with van der Waals surface area (Å²) in [5.41, 5.74) is -1.12. The van der Waals surface area contributed by atoms with Gasteiger partial charge in [0.2, 0.25) is 11.3 Å². The molecule has 1 aliphatic heterocycles. The fourth-order valence-corrected chi connectivity index (χ4v) is 4.48. The average molecular weight is 478 g/mol. The molecule has 0 bridgehead atoms. The van der Waals surface area contributed by atoms with Crippen molar-refractivity contribution >= 4 is 23.6 Å². The Morgan fingerprint density at radius 1 is 1.12 bits per heavy atom. The van der Waals surface area contributed by atoms with E-state index >= 15 is 0 Å². The fraction of sp³-hybridized carbons (Fsp3) is 0.500. The zero-order chi connectivity index (χ0) is 25.6. The average Bonchev–Trinajstić information content (AvgIpc) is 2.86. The second-order valence-corrected chi connectivity index (χ2v) is 7.85. The zero-order valence-corrected chi connectivity index (χ0v) is 20.3. The van der Waals surface area contributed by atoms with E-state index in [1.807, 2.05) is 0 Å². The molecule has 2 atom stereocenters. The topological polar surface area (TPSA) is 118 Å². The van der Waals surface area contributed by atoms with Crippen LogP contribution >= 0.6 is 0 Å². The number of esters is 2. The van der Waals surface area contributed by atoms with E-state index in [0.717, 1.165) is 14.2 Å². The number of ketones is 1. The molecule has 0 saturated heterocycles.